The molecule has 2 heterocycles. The second-order valence-electron chi connectivity index (χ2n) is 8.41. The van der Waals surface area contributed by atoms with Gasteiger partial charge in [-0.15, -0.1) is 0 Å². The molecular formula is C21H22Br2N2O4. The zero-order valence-corrected chi connectivity index (χ0v) is 18.9. The van der Waals surface area contributed by atoms with Gasteiger partial charge in [0.1, 0.15) is 0 Å². The maximum atomic E-state index is 13.1. The third-order valence-corrected chi connectivity index (χ3v) is 10.1. The number of alkyl halides is 2. The number of halogens is 2. The summed E-state index contributed by atoms with van der Waals surface area (Å²) in [5.41, 5.74) is 1.05. The van der Waals surface area contributed by atoms with E-state index in [4.69, 9.17) is 4.74 Å². The minimum atomic E-state index is -0.236. The van der Waals surface area contributed by atoms with Crippen LogP contribution in [-0.4, -0.2) is 46.6 Å². The lowest BCUT2D eigenvalue weighted by Gasteiger charge is -2.28. The van der Waals surface area contributed by atoms with Gasteiger partial charge in [0, 0.05) is 28.4 Å². The van der Waals surface area contributed by atoms with Crippen LogP contribution in [0.2, 0.25) is 0 Å². The summed E-state index contributed by atoms with van der Waals surface area (Å²) in [6.07, 6.45) is 3.00. The van der Waals surface area contributed by atoms with E-state index in [1.807, 2.05) is 0 Å². The summed E-state index contributed by atoms with van der Waals surface area (Å²) in [5, 5.41) is 2.89. The zero-order chi connectivity index (χ0) is 20.3. The Kier molecular flexibility index (Phi) is 5.07. The van der Waals surface area contributed by atoms with Crippen LogP contribution in [-0.2, 0) is 14.3 Å². The van der Waals surface area contributed by atoms with Crippen LogP contribution in [0.4, 0.5) is 5.69 Å². The molecule has 7 atom stereocenters. The second-order valence-corrected chi connectivity index (χ2v) is 10.5. The minimum absolute atomic E-state index is 0.0874. The SMILES string of the molecule is O=C(NCC1CCCO1)c1ccc(N2C(=O)C3C4CC(C(Br)C4Br)C3C2=O)cc1. The largest absolute Gasteiger partial charge is 0.376 e. The predicted molar refractivity (Wildman–Crippen MR) is 114 cm³/mol. The highest BCUT2D eigenvalue weighted by atomic mass is 79.9. The number of benzene rings is 1. The Bertz CT molecular complexity index is 823. The quantitative estimate of drug-likeness (QED) is 0.484. The van der Waals surface area contributed by atoms with Crippen molar-refractivity contribution in [2.24, 2.45) is 23.7 Å². The summed E-state index contributed by atoms with van der Waals surface area (Å²) in [6.45, 7) is 1.25. The van der Waals surface area contributed by atoms with Gasteiger partial charge in [0.2, 0.25) is 11.8 Å². The third kappa shape index (κ3) is 3.10. The average Bonchev–Trinajstić information content (AvgIpc) is 3.47. The Balaban J connectivity index is 1.30. The molecule has 8 heteroatoms. The number of imide groups is 1. The van der Waals surface area contributed by atoms with E-state index in [0.29, 0.717) is 17.8 Å². The molecule has 2 aliphatic heterocycles. The standard InChI is InChI=1S/C21H22Br2N2O4/c22-17-13-8-14(18(17)23)16-15(13)20(27)25(21(16)28)11-5-3-10(4-6-11)19(26)24-9-12-2-1-7-29-12/h3-6,12-18H,1-2,7-9H2,(H,24,26). The normalized spacial score (nSPS) is 38.0. The van der Waals surface area contributed by atoms with Gasteiger partial charge in [0.25, 0.3) is 5.91 Å². The number of carbonyl (C=O) groups is 3. The Hall–Kier alpha value is -1.25. The minimum Gasteiger partial charge on any atom is -0.376 e. The lowest BCUT2D eigenvalue weighted by atomic mass is 9.81. The van der Waals surface area contributed by atoms with E-state index in [9.17, 15) is 14.4 Å². The first-order valence-corrected chi connectivity index (χ1v) is 12.0. The number of fused-ring (bicyclic) bond motifs is 5. The van der Waals surface area contributed by atoms with E-state index in [2.05, 4.69) is 37.2 Å². The van der Waals surface area contributed by atoms with E-state index in [1.54, 1.807) is 24.3 Å². The molecule has 4 fully saturated rings. The second kappa shape index (κ2) is 7.46. The first-order valence-electron chi connectivity index (χ1n) is 10.1. The molecule has 1 aromatic carbocycles. The molecule has 5 rings (SSSR count). The number of nitrogens with zero attached hydrogens (tertiary/aromatic N) is 1. The van der Waals surface area contributed by atoms with Crippen LogP contribution in [0.1, 0.15) is 29.6 Å². The highest BCUT2D eigenvalue weighted by Gasteiger charge is 2.66. The topological polar surface area (TPSA) is 75.7 Å². The van der Waals surface area contributed by atoms with Crippen molar-refractivity contribution in [2.75, 3.05) is 18.1 Å². The summed E-state index contributed by atoms with van der Waals surface area (Å²) in [4.78, 5) is 40.3. The predicted octanol–water partition coefficient (Wildman–Crippen LogP) is 2.88. The Morgan fingerprint density at radius 1 is 1.07 bits per heavy atom. The van der Waals surface area contributed by atoms with E-state index in [0.717, 1.165) is 25.9 Å². The van der Waals surface area contributed by atoms with Crippen LogP contribution in [0.5, 0.6) is 0 Å². The van der Waals surface area contributed by atoms with Crippen molar-refractivity contribution in [3.63, 3.8) is 0 Å². The number of rotatable bonds is 4. The van der Waals surface area contributed by atoms with Crippen molar-refractivity contribution in [2.45, 2.75) is 35.0 Å². The fourth-order valence-corrected chi connectivity index (χ4v) is 7.35. The monoisotopic (exact) mass is 524 g/mol. The molecule has 2 aliphatic carbocycles. The van der Waals surface area contributed by atoms with Crippen LogP contribution in [0.25, 0.3) is 0 Å². The van der Waals surface area contributed by atoms with Crippen molar-refractivity contribution in [1.29, 1.82) is 0 Å². The van der Waals surface area contributed by atoms with Gasteiger partial charge in [-0.1, -0.05) is 31.9 Å². The molecule has 0 radical (unpaired) electrons. The summed E-state index contributed by atoms with van der Waals surface area (Å²) >= 11 is 7.41. The molecule has 1 N–H and O–H groups in total. The molecule has 3 amide bonds. The van der Waals surface area contributed by atoms with Crippen molar-refractivity contribution in [3.8, 4) is 0 Å². The highest BCUT2D eigenvalue weighted by Crippen LogP contribution is 2.60. The fraction of sp³-hybridized carbons (Fsp3) is 0.571. The van der Waals surface area contributed by atoms with Crippen LogP contribution in [0.15, 0.2) is 24.3 Å². The molecule has 7 unspecified atom stereocenters. The molecule has 6 nitrogen and oxygen atoms in total. The molecule has 0 spiro atoms. The van der Waals surface area contributed by atoms with Crippen molar-refractivity contribution >= 4 is 55.3 Å². The summed E-state index contributed by atoms with van der Waals surface area (Å²) in [6, 6.07) is 6.72. The molecule has 2 saturated carbocycles. The number of hydrogen-bond donors (Lipinski definition) is 1. The number of hydrogen-bond acceptors (Lipinski definition) is 4. The maximum Gasteiger partial charge on any atom is 0.251 e. The third-order valence-electron chi connectivity index (χ3n) is 6.89. The number of amides is 3. The van der Waals surface area contributed by atoms with Crippen LogP contribution < -0.4 is 10.2 Å². The molecular weight excluding hydrogens is 504 g/mol. The Morgan fingerprint density at radius 3 is 2.24 bits per heavy atom. The first kappa shape index (κ1) is 19.7. The van der Waals surface area contributed by atoms with Gasteiger partial charge in [-0.25, -0.2) is 0 Å². The number of anilines is 1. The summed E-state index contributed by atoms with van der Waals surface area (Å²) in [7, 11) is 0. The molecule has 2 saturated heterocycles. The lowest BCUT2D eigenvalue weighted by Crippen LogP contribution is -2.37. The fourth-order valence-electron chi connectivity index (χ4n) is 5.48. The summed E-state index contributed by atoms with van der Waals surface area (Å²) in [5.74, 6) is -0.471. The molecule has 1 aromatic rings. The van der Waals surface area contributed by atoms with Gasteiger partial charge in [-0.3, -0.25) is 19.3 Å². The maximum absolute atomic E-state index is 13.1. The molecule has 154 valence electrons. The zero-order valence-electron chi connectivity index (χ0n) is 15.7. The average molecular weight is 526 g/mol. The van der Waals surface area contributed by atoms with Crippen LogP contribution in [0, 0.1) is 23.7 Å². The Morgan fingerprint density at radius 2 is 1.69 bits per heavy atom. The summed E-state index contributed by atoms with van der Waals surface area (Å²) < 4.78 is 5.52. The number of carbonyl (C=O) groups excluding carboxylic acids is 3. The van der Waals surface area contributed by atoms with Crippen molar-refractivity contribution in [3.05, 3.63) is 29.8 Å². The number of nitrogens with one attached hydrogen (secondary N) is 1. The molecule has 4 aliphatic rings. The van der Waals surface area contributed by atoms with E-state index < -0.39 is 0 Å². The smallest absolute Gasteiger partial charge is 0.251 e. The van der Waals surface area contributed by atoms with Gasteiger partial charge in [0.05, 0.1) is 23.6 Å². The van der Waals surface area contributed by atoms with Crippen LogP contribution >= 0.6 is 31.9 Å². The first-order chi connectivity index (χ1) is 14.0. The van der Waals surface area contributed by atoms with E-state index in [1.165, 1.54) is 4.90 Å². The Labute approximate surface area is 186 Å². The molecule has 0 aromatic heterocycles. The highest BCUT2D eigenvalue weighted by molar-refractivity contribution is 9.12. The number of ether oxygens (including phenoxy) is 1. The molecule has 2 bridgehead atoms. The van der Waals surface area contributed by atoms with Crippen LogP contribution in [0.3, 0.4) is 0 Å². The molecule has 29 heavy (non-hydrogen) atoms. The van der Waals surface area contributed by atoms with Gasteiger partial charge in [-0.2, -0.15) is 0 Å². The van der Waals surface area contributed by atoms with Crippen molar-refractivity contribution < 1.29 is 19.1 Å². The van der Waals surface area contributed by atoms with Crippen molar-refractivity contribution in [1.82, 2.24) is 5.32 Å². The van der Waals surface area contributed by atoms with Gasteiger partial charge >= 0.3 is 0 Å². The van der Waals surface area contributed by atoms with E-state index in [-0.39, 0.29) is 57.2 Å². The van der Waals surface area contributed by atoms with Gasteiger partial charge < -0.3 is 10.1 Å². The van der Waals surface area contributed by atoms with Gasteiger partial charge in [-0.05, 0) is 55.4 Å². The lowest BCUT2D eigenvalue weighted by molar-refractivity contribution is -0.123. The van der Waals surface area contributed by atoms with Gasteiger partial charge in [0.15, 0.2) is 0 Å². The van der Waals surface area contributed by atoms with E-state index >= 15 is 0 Å².